The van der Waals surface area contributed by atoms with Crippen molar-refractivity contribution >= 4 is 11.3 Å². The molecule has 2 saturated heterocycles. The van der Waals surface area contributed by atoms with Crippen LogP contribution >= 0.6 is 11.3 Å². The Morgan fingerprint density at radius 3 is 2.64 bits per heavy atom. The van der Waals surface area contributed by atoms with Gasteiger partial charge >= 0.3 is 0 Å². The van der Waals surface area contributed by atoms with Crippen LogP contribution in [-0.2, 0) is 16.0 Å². The molecule has 3 aliphatic rings. The van der Waals surface area contributed by atoms with Gasteiger partial charge in [-0.1, -0.05) is 12.8 Å². The van der Waals surface area contributed by atoms with Crippen molar-refractivity contribution in [2.24, 2.45) is 0 Å². The SMILES string of the molecule is c1cc(C2CCCC2)sc1CN1CCCO[C@H](CN2CCOCC2)C1. The fourth-order valence-electron chi connectivity index (χ4n) is 4.43. The van der Waals surface area contributed by atoms with Crippen molar-refractivity contribution in [1.82, 2.24) is 9.80 Å². The van der Waals surface area contributed by atoms with E-state index >= 15 is 0 Å². The second-order valence-electron chi connectivity index (χ2n) is 7.78. The van der Waals surface area contributed by atoms with Gasteiger partial charge in [0.15, 0.2) is 0 Å². The summed E-state index contributed by atoms with van der Waals surface area (Å²) in [7, 11) is 0. The standard InChI is InChI=1S/C20H32N2O2S/c1-2-5-17(4-1)20-7-6-19(25-20)16-22-8-3-11-24-18(15-22)14-21-9-12-23-13-10-21/h6-7,17-18H,1-5,8-16H2/t18-/m1/s1. The normalized spacial score (nSPS) is 27.6. The van der Waals surface area contributed by atoms with E-state index in [4.69, 9.17) is 9.47 Å². The Morgan fingerprint density at radius 1 is 0.960 bits per heavy atom. The largest absolute Gasteiger partial charge is 0.379 e. The summed E-state index contributed by atoms with van der Waals surface area (Å²) in [6.07, 6.45) is 7.14. The highest BCUT2D eigenvalue weighted by atomic mass is 32.1. The van der Waals surface area contributed by atoms with E-state index in [1.54, 1.807) is 4.88 Å². The molecule has 0 radical (unpaired) electrons. The molecular formula is C20H32N2O2S. The topological polar surface area (TPSA) is 24.9 Å². The van der Waals surface area contributed by atoms with Crippen molar-refractivity contribution in [3.63, 3.8) is 0 Å². The maximum absolute atomic E-state index is 6.14. The molecule has 0 N–H and O–H groups in total. The highest BCUT2D eigenvalue weighted by molar-refractivity contribution is 7.12. The lowest BCUT2D eigenvalue weighted by Crippen LogP contribution is -2.44. The van der Waals surface area contributed by atoms with E-state index in [0.717, 1.165) is 71.4 Å². The van der Waals surface area contributed by atoms with Crippen LogP contribution in [0.25, 0.3) is 0 Å². The lowest BCUT2D eigenvalue weighted by molar-refractivity contribution is -0.0122. The molecule has 0 amide bonds. The molecule has 140 valence electrons. The van der Waals surface area contributed by atoms with Gasteiger partial charge in [0.1, 0.15) is 0 Å². The minimum atomic E-state index is 0.342. The minimum Gasteiger partial charge on any atom is -0.379 e. The van der Waals surface area contributed by atoms with Crippen LogP contribution in [0.4, 0.5) is 0 Å². The molecule has 0 spiro atoms. The predicted molar refractivity (Wildman–Crippen MR) is 102 cm³/mol. The summed E-state index contributed by atoms with van der Waals surface area (Å²) < 4.78 is 11.6. The Labute approximate surface area is 156 Å². The first-order chi connectivity index (χ1) is 12.4. The first-order valence-corrected chi connectivity index (χ1v) is 10.9. The van der Waals surface area contributed by atoms with Gasteiger partial charge in [-0.2, -0.15) is 0 Å². The Hall–Kier alpha value is -0.460. The molecule has 1 aromatic rings. The van der Waals surface area contributed by atoms with Gasteiger partial charge in [-0.15, -0.1) is 11.3 Å². The zero-order chi connectivity index (χ0) is 16.9. The van der Waals surface area contributed by atoms with Gasteiger partial charge in [-0.3, -0.25) is 9.80 Å². The number of rotatable bonds is 5. The lowest BCUT2D eigenvalue weighted by Gasteiger charge is -2.31. The highest BCUT2D eigenvalue weighted by Gasteiger charge is 2.23. The molecule has 1 aliphatic carbocycles. The second kappa shape index (κ2) is 8.96. The first kappa shape index (κ1) is 17.9. The van der Waals surface area contributed by atoms with Crippen molar-refractivity contribution in [2.45, 2.75) is 50.7 Å². The molecule has 4 rings (SSSR count). The number of thiophene rings is 1. The maximum atomic E-state index is 6.14. The summed E-state index contributed by atoms with van der Waals surface area (Å²) in [5.41, 5.74) is 0. The highest BCUT2D eigenvalue weighted by Crippen LogP contribution is 2.37. The van der Waals surface area contributed by atoms with E-state index < -0.39 is 0 Å². The molecule has 0 aromatic carbocycles. The third-order valence-electron chi connectivity index (χ3n) is 5.82. The number of ether oxygens (including phenoxy) is 2. The van der Waals surface area contributed by atoms with Gasteiger partial charge in [0, 0.05) is 55.6 Å². The molecule has 5 heteroatoms. The average molecular weight is 365 g/mol. The summed E-state index contributed by atoms with van der Waals surface area (Å²) in [5, 5.41) is 0. The molecule has 2 aliphatic heterocycles. The molecule has 25 heavy (non-hydrogen) atoms. The van der Waals surface area contributed by atoms with Crippen molar-refractivity contribution in [2.75, 3.05) is 52.5 Å². The number of morpholine rings is 1. The smallest absolute Gasteiger partial charge is 0.0828 e. The zero-order valence-corrected chi connectivity index (χ0v) is 16.1. The summed E-state index contributed by atoms with van der Waals surface area (Å²) in [5.74, 6) is 0.847. The molecule has 3 fully saturated rings. The molecule has 1 aromatic heterocycles. The van der Waals surface area contributed by atoms with E-state index in [1.807, 2.05) is 0 Å². The number of nitrogens with zero attached hydrogens (tertiary/aromatic N) is 2. The third kappa shape index (κ3) is 5.04. The fraction of sp³-hybridized carbons (Fsp3) is 0.800. The van der Waals surface area contributed by atoms with E-state index in [1.165, 1.54) is 30.6 Å². The van der Waals surface area contributed by atoms with Crippen LogP contribution in [-0.4, -0.2) is 68.4 Å². The van der Waals surface area contributed by atoms with E-state index in [-0.39, 0.29) is 0 Å². The molecule has 1 saturated carbocycles. The predicted octanol–water partition coefficient (Wildman–Crippen LogP) is 3.33. The van der Waals surface area contributed by atoms with Crippen LogP contribution in [0.15, 0.2) is 12.1 Å². The fourth-order valence-corrected chi connectivity index (χ4v) is 5.65. The zero-order valence-electron chi connectivity index (χ0n) is 15.3. The van der Waals surface area contributed by atoms with Crippen molar-refractivity contribution in [3.8, 4) is 0 Å². The Balaban J connectivity index is 1.31. The monoisotopic (exact) mass is 364 g/mol. The Kier molecular flexibility index (Phi) is 6.42. The van der Waals surface area contributed by atoms with Gasteiger partial charge in [0.2, 0.25) is 0 Å². The minimum absolute atomic E-state index is 0.342. The van der Waals surface area contributed by atoms with Gasteiger partial charge < -0.3 is 9.47 Å². The Bertz CT molecular complexity index is 524. The molecule has 4 nitrogen and oxygen atoms in total. The molecule has 1 atom stereocenters. The number of hydrogen-bond donors (Lipinski definition) is 0. The quantitative estimate of drug-likeness (QED) is 0.800. The molecule has 0 bridgehead atoms. The van der Waals surface area contributed by atoms with Crippen LogP contribution in [0.2, 0.25) is 0 Å². The van der Waals surface area contributed by atoms with Crippen molar-refractivity contribution < 1.29 is 9.47 Å². The van der Waals surface area contributed by atoms with Crippen LogP contribution in [0.3, 0.4) is 0 Å². The van der Waals surface area contributed by atoms with Gasteiger partial charge in [0.05, 0.1) is 19.3 Å². The summed E-state index contributed by atoms with van der Waals surface area (Å²) in [6.45, 7) is 9.13. The Morgan fingerprint density at radius 2 is 1.80 bits per heavy atom. The van der Waals surface area contributed by atoms with Crippen LogP contribution in [0, 0.1) is 0 Å². The summed E-state index contributed by atoms with van der Waals surface area (Å²) in [6, 6.07) is 4.77. The van der Waals surface area contributed by atoms with E-state index in [2.05, 4.69) is 33.3 Å². The van der Waals surface area contributed by atoms with Crippen molar-refractivity contribution in [3.05, 3.63) is 21.9 Å². The van der Waals surface area contributed by atoms with Crippen LogP contribution < -0.4 is 0 Å². The van der Waals surface area contributed by atoms with Crippen LogP contribution in [0.5, 0.6) is 0 Å². The van der Waals surface area contributed by atoms with Gasteiger partial charge in [-0.25, -0.2) is 0 Å². The van der Waals surface area contributed by atoms with Crippen LogP contribution in [0.1, 0.15) is 47.8 Å². The molecule has 0 unspecified atom stereocenters. The summed E-state index contributed by atoms with van der Waals surface area (Å²) >= 11 is 2.06. The first-order valence-electron chi connectivity index (χ1n) is 10.1. The van der Waals surface area contributed by atoms with Crippen molar-refractivity contribution in [1.29, 1.82) is 0 Å². The van der Waals surface area contributed by atoms with Gasteiger partial charge in [-0.05, 0) is 37.3 Å². The van der Waals surface area contributed by atoms with Gasteiger partial charge in [0.25, 0.3) is 0 Å². The third-order valence-corrected chi connectivity index (χ3v) is 7.05. The molecule has 3 heterocycles. The number of hydrogen-bond acceptors (Lipinski definition) is 5. The molecular weight excluding hydrogens is 332 g/mol. The lowest BCUT2D eigenvalue weighted by atomic mass is 10.1. The average Bonchev–Trinajstić information content (AvgIpc) is 3.26. The van der Waals surface area contributed by atoms with E-state index in [9.17, 15) is 0 Å². The van der Waals surface area contributed by atoms with E-state index in [0.29, 0.717) is 6.10 Å². The summed E-state index contributed by atoms with van der Waals surface area (Å²) in [4.78, 5) is 8.28. The maximum Gasteiger partial charge on any atom is 0.0828 e. The second-order valence-corrected chi connectivity index (χ2v) is 8.98.